The average Bonchev–Trinajstić information content (AvgIpc) is 2.71. The van der Waals surface area contributed by atoms with Crippen molar-refractivity contribution in [2.24, 2.45) is 0 Å². The van der Waals surface area contributed by atoms with Crippen LogP contribution in [0.1, 0.15) is 92.4 Å². The fourth-order valence-electron chi connectivity index (χ4n) is 2.97. The van der Waals surface area contributed by atoms with Crippen molar-refractivity contribution in [1.82, 2.24) is 0 Å². The van der Waals surface area contributed by atoms with Gasteiger partial charge >= 0.3 is 63.3 Å². The van der Waals surface area contributed by atoms with Crippen LogP contribution in [0.5, 0.6) is 0 Å². The first kappa shape index (κ1) is 30.7. The predicted octanol–water partition coefficient (Wildman–Crippen LogP) is 1.47. The molecule has 0 aromatic heterocycles. The van der Waals surface area contributed by atoms with Crippen molar-refractivity contribution in [3.05, 3.63) is 35.4 Å². The van der Waals surface area contributed by atoms with Crippen LogP contribution >= 0.6 is 0 Å². The Morgan fingerprint density at radius 1 is 0.871 bits per heavy atom. The number of rotatable bonds is 15. The van der Waals surface area contributed by atoms with E-state index in [9.17, 15) is 22.6 Å². The normalized spacial score (nSPS) is 12.0. The van der Waals surface area contributed by atoms with Crippen molar-refractivity contribution in [3.63, 3.8) is 0 Å². The van der Waals surface area contributed by atoms with Gasteiger partial charge in [-0.25, -0.2) is 18.0 Å². The van der Waals surface area contributed by atoms with Crippen molar-refractivity contribution in [3.8, 4) is 0 Å². The van der Waals surface area contributed by atoms with E-state index >= 15 is 0 Å². The predicted molar refractivity (Wildman–Crippen MR) is 113 cm³/mol. The second-order valence-corrected chi connectivity index (χ2v) is 8.93. The Morgan fingerprint density at radius 2 is 1.35 bits per heavy atom. The summed E-state index contributed by atoms with van der Waals surface area (Å²) in [6.45, 7) is 3.42. The molecule has 170 valence electrons. The smallest absolute Gasteiger partial charge is 0.748 e. The quantitative estimate of drug-likeness (QED) is 0.162. The molecule has 0 fully saturated rings. The maximum atomic E-state index is 12.4. The van der Waals surface area contributed by atoms with Crippen LogP contribution in [0, 0.1) is 0 Å². The molecule has 0 aliphatic rings. The summed E-state index contributed by atoms with van der Waals surface area (Å²) in [5, 5.41) is -1.32. The number of unbranched alkanes of at least 4 members (excludes halogenated alkanes) is 7. The summed E-state index contributed by atoms with van der Waals surface area (Å²) in [5.41, 5.74) is 0.0386. The Bertz CT molecular complexity index is 765. The average molecular weight is 481 g/mol. The number of carbonyl (C=O) groups is 2. The van der Waals surface area contributed by atoms with Gasteiger partial charge in [-0.1, -0.05) is 70.9 Å². The molecule has 0 aliphatic heterocycles. The molecule has 0 amide bonds. The Morgan fingerprint density at radius 3 is 1.84 bits per heavy atom. The van der Waals surface area contributed by atoms with Gasteiger partial charge in [0.1, 0.15) is 16.7 Å². The van der Waals surface area contributed by atoms with Crippen LogP contribution in [-0.4, -0.2) is 43.4 Å². The molecule has 0 saturated carbocycles. The number of carbonyl (C=O) groups excluding carboxylic acids is 2. The van der Waals surface area contributed by atoms with Crippen molar-refractivity contribution in [2.75, 3.05) is 13.2 Å². The molecule has 0 saturated heterocycles. The summed E-state index contributed by atoms with van der Waals surface area (Å²) < 4.78 is 43.6. The standard InChI is InChI=1S/C22H34O7S.K/c1-3-5-6-7-8-9-10-13-16-28-21(23)19-14-11-12-15-20(19)22(24)29-17-18(4-2)30(25,26)27;/h11-12,14-15,18H,3-10,13,16-17H2,1-2H3,(H,25,26,27);/q;+1/p-1. The molecule has 1 rings (SSSR count). The van der Waals surface area contributed by atoms with Gasteiger partial charge in [-0.15, -0.1) is 0 Å². The summed E-state index contributed by atoms with van der Waals surface area (Å²) in [7, 11) is -4.56. The molecule has 0 bridgehead atoms. The first-order valence-corrected chi connectivity index (χ1v) is 12.2. The zero-order valence-corrected chi connectivity index (χ0v) is 22.9. The van der Waals surface area contributed by atoms with Gasteiger partial charge in [-0.2, -0.15) is 0 Å². The van der Waals surface area contributed by atoms with Crippen molar-refractivity contribution >= 4 is 22.1 Å². The van der Waals surface area contributed by atoms with E-state index in [0.717, 1.165) is 19.3 Å². The van der Waals surface area contributed by atoms with E-state index in [1.165, 1.54) is 51.2 Å². The van der Waals surface area contributed by atoms with Crippen LogP contribution < -0.4 is 51.4 Å². The largest absolute Gasteiger partial charge is 1.00 e. The topological polar surface area (TPSA) is 110 Å². The van der Waals surface area contributed by atoms with Crippen molar-refractivity contribution in [1.29, 1.82) is 0 Å². The third-order valence-corrected chi connectivity index (χ3v) is 6.15. The van der Waals surface area contributed by atoms with Crippen molar-refractivity contribution in [2.45, 2.75) is 76.9 Å². The van der Waals surface area contributed by atoms with Gasteiger partial charge in [0, 0.05) is 0 Å². The van der Waals surface area contributed by atoms with Crippen LogP contribution in [0.3, 0.4) is 0 Å². The molecule has 0 aliphatic carbocycles. The third kappa shape index (κ3) is 12.5. The Balaban J connectivity index is 0.00000900. The van der Waals surface area contributed by atoms with Gasteiger partial charge in [0.2, 0.25) is 0 Å². The molecular formula is C22H33KO7S. The number of hydrogen-bond donors (Lipinski definition) is 0. The summed E-state index contributed by atoms with van der Waals surface area (Å²) in [4.78, 5) is 24.7. The number of esters is 2. The first-order valence-electron chi connectivity index (χ1n) is 10.7. The Labute approximate surface area is 228 Å². The summed E-state index contributed by atoms with van der Waals surface area (Å²) in [6, 6.07) is 6.02. The molecule has 9 heteroatoms. The van der Waals surface area contributed by atoms with E-state index in [-0.39, 0.29) is 75.5 Å². The Kier molecular flexibility index (Phi) is 17.1. The minimum absolute atomic E-state index is 0. The van der Waals surface area contributed by atoms with E-state index in [1.54, 1.807) is 12.1 Å². The number of ether oxygens (including phenoxy) is 2. The van der Waals surface area contributed by atoms with E-state index in [0.29, 0.717) is 0 Å². The van der Waals surface area contributed by atoms with Crippen LogP contribution in [0.4, 0.5) is 0 Å². The van der Waals surface area contributed by atoms with Gasteiger partial charge in [-0.05, 0) is 25.0 Å². The summed E-state index contributed by atoms with van der Waals surface area (Å²) >= 11 is 0. The zero-order valence-electron chi connectivity index (χ0n) is 18.9. The molecule has 31 heavy (non-hydrogen) atoms. The second-order valence-electron chi connectivity index (χ2n) is 7.28. The van der Waals surface area contributed by atoms with Crippen LogP contribution in [-0.2, 0) is 19.6 Å². The van der Waals surface area contributed by atoms with Crippen molar-refractivity contribution < 1.29 is 83.4 Å². The monoisotopic (exact) mass is 480 g/mol. The van der Waals surface area contributed by atoms with E-state index in [2.05, 4.69) is 6.92 Å². The summed E-state index contributed by atoms with van der Waals surface area (Å²) in [5.74, 6) is -1.49. The van der Waals surface area contributed by atoms with Gasteiger partial charge in [0.05, 0.1) is 23.0 Å². The second kappa shape index (κ2) is 17.2. The molecule has 1 unspecified atom stereocenters. The first-order chi connectivity index (χ1) is 14.3. The molecule has 1 aromatic carbocycles. The summed E-state index contributed by atoms with van der Waals surface area (Å²) in [6.07, 6.45) is 9.03. The molecule has 0 N–H and O–H groups in total. The fraction of sp³-hybridized carbons (Fsp3) is 0.636. The van der Waals surface area contributed by atoms with Gasteiger partial charge in [0.25, 0.3) is 0 Å². The molecule has 1 atom stereocenters. The molecule has 1 aromatic rings. The van der Waals surface area contributed by atoms with E-state index in [1.807, 2.05) is 0 Å². The Hall–Kier alpha value is -0.294. The van der Waals surface area contributed by atoms with E-state index in [4.69, 9.17) is 9.47 Å². The van der Waals surface area contributed by atoms with Gasteiger partial charge in [0.15, 0.2) is 0 Å². The van der Waals surface area contributed by atoms with Crippen LogP contribution in [0.2, 0.25) is 0 Å². The number of benzene rings is 1. The molecule has 7 nitrogen and oxygen atoms in total. The molecule has 0 radical (unpaired) electrons. The van der Waals surface area contributed by atoms with E-state index < -0.39 is 33.9 Å². The molecular weight excluding hydrogens is 447 g/mol. The maximum Gasteiger partial charge on any atom is 1.00 e. The minimum Gasteiger partial charge on any atom is -0.748 e. The fourth-order valence-corrected chi connectivity index (χ4v) is 3.61. The van der Waals surface area contributed by atoms with Crippen LogP contribution in [0.25, 0.3) is 0 Å². The molecule has 0 heterocycles. The van der Waals surface area contributed by atoms with Crippen LogP contribution in [0.15, 0.2) is 24.3 Å². The third-order valence-electron chi connectivity index (χ3n) is 4.86. The van der Waals surface area contributed by atoms with Gasteiger partial charge in [-0.3, -0.25) is 0 Å². The molecule has 0 spiro atoms. The zero-order chi connectivity index (χ0) is 22.4. The maximum absolute atomic E-state index is 12.4. The minimum atomic E-state index is -4.56. The van der Waals surface area contributed by atoms with Gasteiger partial charge < -0.3 is 14.0 Å². The number of hydrogen-bond acceptors (Lipinski definition) is 7. The SMILES string of the molecule is CCCCCCCCCCOC(=O)c1ccccc1C(=O)OCC(CC)S(=O)(=O)[O-].[K+].